The smallest absolute Gasteiger partial charge is 0.123 e. The third-order valence-corrected chi connectivity index (χ3v) is 4.52. The highest BCUT2D eigenvalue weighted by molar-refractivity contribution is 5.35. The highest BCUT2D eigenvalue weighted by Gasteiger charge is 2.22. The molecule has 0 bridgehead atoms. The summed E-state index contributed by atoms with van der Waals surface area (Å²) in [6, 6.07) is 10.6. The van der Waals surface area contributed by atoms with Crippen LogP contribution < -0.4 is 4.74 Å². The lowest BCUT2D eigenvalue weighted by Crippen LogP contribution is -2.43. The summed E-state index contributed by atoms with van der Waals surface area (Å²) in [5.41, 5.74) is 1.32. The zero-order chi connectivity index (χ0) is 17.5. The predicted octanol–water partition coefficient (Wildman–Crippen LogP) is 3.70. The van der Waals surface area contributed by atoms with E-state index in [9.17, 15) is 0 Å². The Morgan fingerprint density at radius 1 is 1.17 bits per heavy atom. The van der Waals surface area contributed by atoms with E-state index in [0.717, 1.165) is 25.4 Å². The predicted molar refractivity (Wildman–Crippen MR) is 95.6 cm³/mol. The summed E-state index contributed by atoms with van der Waals surface area (Å²) < 4.78 is 5.50. The van der Waals surface area contributed by atoms with E-state index in [2.05, 4.69) is 56.7 Å². The molecule has 1 aromatic carbocycles. The lowest BCUT2D eigenvalue weighted by Gasteiger charge is -2.36. The molecule has 0 spiro atoms. The van der Waals surface area contributed by atoms with Crippen molar-refractivity contribution in [3.8, 4) is 11.8 Å². The number of benzene rings is 1. The molecule has 0 saturated carbocycles. The van der Waals surface area contributed by atoms with Crippen molar-refractivity contribution in [1.82, 2.24) is 9.80 Å². The number of methoxy groups -OCH3 is 1. The third kappa shape index (κ3) is 5.85. The largest absolute Gasteiger partial charge is 0.496 e. The lowest BCUT2D eigenvalue weighted by atomic mass is 10.0. The molecule has 0 radical (unpaired) electrons. The van der Waals surface area contributed by atoms with Gasteiger partial charge in [-0.25, -0.2) is 0 Å². The summed E-state index contributed by atoms with van der Waals surface area (Å²) in [4.78, 5) is 4.71. The molecule has 0 heterocycles. The Bertz CT molecular complexity index is 516. The Morgan fingerprint density at radius 2 is 1.83 bits per heavy atom. The first-order valence-electron chi connectivity index (χ1n) is 8.26. The fourth-order valence-corrected chi connectivity index (χ4v) is 2.51. The summed E-state index contributed by atoms with van der Waals surface area (Å²) >= 11 is 0. The van der Waals surface area contributed by atoms with Crippen LogP contribution in [-0.2, 0) is 0 Å². The molecule has 128 valence electrons. The summed E-state index contributed by atoms with van der Waals surface area (Å²) in [5, 5.41) is 8.96. The van der Waals surface area contributed by atoms with Crippen LogP contribution >= 0.6 is 0 Å². The molecule has 1 rings (SSSR count). The van der Waals surface area contributed by atoms with Gasteiger partial charge in [-0.15, -0.1) is 0 Å². The van der Waals surface area contributed by atoms with Crippen molar-refractivity contribution in [2.45, 2.75) is 45.7 Å². The SMILES string of the molecule is COc1ccccc1[C@H](C)N(CCC#N)CCN(C)C(C)(C)C. The molecule has 0 aliphatic rings. The number of ether oxygens (including phenoxy) is 1. The van der Waals surface area contributed by atoms with Gasteiger partial charge in [0.05, 0.1) is 13.2 Å². The first-order valence-corrected chi connectivity index (χ1v) is 8.26. The van der Waals surface area contributed by atoms with Crippen molar-refractivity contribution < 1.29 is 4.74 Å². The Hall–Kier alpha value is -1.57. The van der Waals surface area contributed by atoms with Gasteiger partial charge < -0.3 is 9.64 Å². The molecule has 4 nitrogen and oxygen atoms in total. The van der Waals surface area contributed by atoms with Crippen LogP contribution in [0.1, 0.15) is 45.7 Å². The van der Waals surface area contributed by atoms with E-state index in [4.69, 9.17) is 10.00 Å². The van der Waals surface area contributed by atoms with Crippen molar-refractivity contribution >= 4 is 0 Å². The monoisotopic (exact) mass is 317 g/mol. The maximum Gasteiger partial charge on any atom is 0.123 e. The standard InChI is InChI=1S/C19H31N3O/c1-16(17-10-7-8-11-18(17)23-6)22(13-9-12-20)15-14-21(5)19(2,3)4/h7-8,10-11,16H,9,13-15H2,1-6H3/t16-/m0/s1. The Labute approximate surface area is 141 Å². The van der Waals surface area contributed by atoms with Crippen molar-refractivity contribution in [2.24, 2.45) is 0 Å². The van der Waals surface area contributed by atoms with Gasteiger partial charge >= 0.3 is 0 Å². The maximum absolute atomic E-state index is 8.96. The number of nitriles is 1. The van der Waals surface area contributed by atoms with Gasteiger partial charge in [-0.3, -0.25) is 4.90 Å². The Kier molecular flexibility index (Phi) is 7.54. The van der Waals surface area contributed by atoms with Crippen LogP contribution in [0.15, 0.2) is 24.3 Å². The van der Waals surface area contributed by atoms with E-state index < -0.39 is 0 Å². The second-order valence-electron chi connectivity index (χ2n) is 6.95. The van der Waals surface area contributed by atoms with Crippen molar-refractivity contribution in [1.29, 1.82) is 5.26 Å². The number of nitrogens with zero attached hydrogens (tertiary/aromatic N) is 3. The van der Waals surface area contributed by atoms with Crippen LogP contribution in [-0.4, -0.2) is 49.1 Å². The summed E-state index contributed by atoms with van der Waals surface area (Å²) in [5.74, 6) is 0.908. The molecular weight excluding hydrogens is 286 g/mol. The summed E-state index contributed by atoms with van der Waals surface area (Å²) in [6.07, 6.45) is 0.540. The number of hydrogen-bond donors (Lipinski definition) is 0. The first kappa shape index (κ1) is 19.5. The van der Waals surface area contributed by atoms with Gasteiger partial charge in [-0.1, -0.05) is 18.2 Å². The molecule has 0 saturated heterocycles. The van der Waals surface area contributed by atoms with Crippen LogP contribution in [0.3, 0.4) is 0 Å². The zero-order valence-electron chi connectivity index (χ0n) is 15.5. The zero-order valence-corrected chi connectivity index (χ0v) is 15.5. The van der Waals surface area contributed by atoms with E-state index in [1.165, 1.54) is 5.56 Å². The fraction of sp³-hybridized carbons (Fsp3) is 0.632. The Morgan fingerprint density at radius 3 is 2.39 bits per heavy atom. The minimum Gasteiger partial charge on any atom is -0.496 e. The summed E-state index contributed by atoms with van der Waals surface area (Å²) in [7, 11) is 3.86. The van der Waals surface area contributed by atoms with Gasteiger partial charge in [0.25, 0.3) is 0 Å². The van der Waals surface area contributed by atoms with Gasteiger partial charge in [0, 0.05) is 43.2 Å². The average molecular weight is 317 g/mol. The van der Waals surface area contributed by atoms with Gasteiger partial charge in [0.1, 0.15) is 5.75 Å². The van der Waals surface area contributed by atoms with E-state index in [1.807, 2.05) is 18.2 Å². The minimum absolute atomic E-state index is 0.147. The van der Waals surface area contributed by atoms with Gasteiger partial charge in [0.15, 0.2) is 0 Å². The Balaban J connectivity index is 2.86. The number of para-hydroxylation sites is 1. The van der Waals surface area contributed by atoms with Gasteiger partial charge in [-0.05, 0) is 40.8 Å². The topological polar surface area (TPSA) is 39.5 Å². The second-order valence-corrected chi connectivity index (χ2v) is 6.95. The van der Waals surface area contributed by atoms with Crippen LogP contribution in [0.4, 0.5) is 0 Å². The highest BCUT2D eigenvalue weighted by atomic mass is 16.5. The van der Waals surface area contributed by atoms with Crippen LogP contribution in [0.5, 0.6) is 5.75 Å². The van der Waals surface area contributed by atoms with Crippen molar-refractivity contribution in [3.63, 3.8) is 0 Å². The molecule has 0 aliphatic carbocycles. The first-order chi connectivity index (χ1) is 10.8. The molecule has 1 atom stereocenters. The number of hydrogen-bond acceptors (Lipinski definition) is 4. The summed E-state index contributed by atoms with van der Waals surface area (Å²) in [6.45, 7) is 11.5. The second kappa shape index (κ2) is 8.90. The molecular formula is C19H31N3O. The average Bonchev–Trinajstić information content (AvgIpc) is 2.53. The maximum atomic E-state index is 8.96. The normalized spacial score (nSPS) is 13.2. The quantitative estimate of drug-likeness (QED) is 0.733. The number of rotatable bonds is 8. The van der Waals surface area contributed by atoms with Crippen molar-refractivity contribution in [2.75, 3.05) is 33.8 Å². The number of likely N-dealkylation sites (N-methyl/N-ethyl adjacent to an activating group) is 1. The molecule has 0 N–H and O–H groups in total. The van der Waals surface area contributed by atoms with Crippen LogP contribution in [0.25, 0.3) is 0 Å². The molecule has 0 unspecified atom stereocenters. The van der Waals surface area contributed by atoms with Crippen LogP contribution in [0, 0.1) is 11.3 Å². The molecule has 0 amide bonds. The van der Waals surface area contributed by atoms with Gasteiger partial charge in [0.2, 0.25) is 0 Å². The van der Waals surface area contributed by atoms with Crippen LogP contribution in [0.2, 0.25) is 0 Å². The molecule has 0 fully saturated rings. The minimum atomic E-state index is 0.147. The van der Waals surface area contributed by atoms with Crippen molar-refractivity contribution in [3.05, 3.63) is 29.8 Å². The van der Waals surface area contributed by atoms with E-state index >= 15 is 0 Å². The van der Waals surface area contributed by atoms with E-state index in [1.54, 1.807) is 7.11 Å². The molecule has 0 aliphatic heterocycles. The van der Waals surface area contributed by atoms with E-state index in [-0.39, 0.29) is 11.6 Å². The molecule has 4 heteroatoms. The molecule has 0 aromatic heterocycles. The van der Waals surface area contributed by atoms with Gasteiger partial charge in [-0.2, -0.15) is 5.26 Å². The third-order valence-electron chi connectivity index (χ3n) is 4.52. The lowest BCUT2D eigenvalue weighted by molar-refractivity contribution is 0.128. The van der Waals surface area contributed by atoms with E-state index in [0.29, 0.717) is 6.42 Å². The fourth-order valence-electron chi connectivity index (χ4n) is 2.51. The molecule has 23 heavy (non-hydrogen) atoms. The highest BCUT2D eigenvalue weighted by Crippen LogP contribution is 2.29. The molecule has 1 aromatic rings.